The van der Waals surface area contributed by atoms with E-state index in [1.807, 2.05) is 0 Å². The molecule has 0 fully saturated rings. The minimum Gasteiger partial charge on any atom is -0.548 e. The van der Waals surface area contributed by atoms with Crippen molar-refractivity contribution in [2.75, 3.05) is 11.4 Å². The second kappa shape index (κ2) is 8.34. The molecule has 1 aliphatic rings. The molecule has 0 aromatic heterocycles. The average molecular weight is 323 g/mol. The topological polar surface area (TPSA) is 80.7 Å². The number of carboxylic acids is 1. The molecule has 0 saturated carbocycles. The Bertz CT molecular complexity index is 654. The first kappa shape index (κ1) is 19.5. The van der Waals surface area contributed by atoms with Gasteiger partial charge in [0.05, 0.1) is 12.5 Å². The van der Waals surface area contributed by atoms with Gasteiger partial charge in [0, 0.05) is 17.7 Å². The largest absolute Gasteiger partial charge is 1.00 e. The standard InChI is InChI=1S/C17H19NO4.Na/c1-3-5-11-9-14-12(13(6-4-2)17(11)22)7-8-15(19)18(14)10-16(20)21;/h3-4,9,22H,1-2,5-8,10H2,(H,20,21);/q;+1/p-1. The molecular weight excluding hydrogens is 305 g/mol. The summed E-state index contributed by atoms with van der Waals surface area (Å²) in [5.74, 6) is -1.40. The first-order valence-electron chi connectivity index (χ1n) is 7.08. The van der Waals surface area contributed by atoms with Gasteiger partial charge < -0.3 is 19.9 Å². The molecule has 6 heteroatoms. The van der Waals surface area contributed by atoms with E-state index in [1.165, 1.54) is 4.90 Å². The van der Waals surface area contributed by atoms with E-state index < -0.39 is 12.5 Å². The molecule has 0 radical (unpaired) electrons. The summed E-state index contributed by atoms with van der Waals surface area (Å²) in [7, 11) is 0. The fourth-order valence-corrected chi connectivity index (χ4v) is 2.81. The summed E-state index contributed by atoms with van der Waals surface area (Å²) in [5.41, 5.74) is 2.64. The summed E-state index contributed by atoms with van der Waals surface area (Å²) >= 11 is 0. The van der Waals surface area contributed by atoms with E-state index in [4.69, 9.17) is 0 Å². The van der Waals surface area contributed by atoms with Gasteiger partial charge >= 0.3 is 29.6 Å². The number of aromatic hydroxyl groups is 1. The van der Waals surface area contributed by atoms with Gasteiger partial charge in [-0.05, 0) is 36.5 Å². The van der Waals surface area contributed by atoms with Gasteiger partial charge in [-0.3, -0.25) is 4.79 Å². The molecule has 1 amide bonds. The molecule has 0 spiro atoms. The van der Waals surface area contributed by atoms with E-state index in [2.05, 4.69) is 13.2 Å². The van der Waals surface area contributed by atoms with Gasteiger partial charge in [-0.15, -0.1) is 13.2 Å². The van der Waals surface area contributed by atoms with E-state index in [0.717, 1.165) is 5.56 Å². The Morgan fingerprint density at radius 1 is 1.30 bits per heavy atom. The molecule has 1 heterocycles. The smallest absolute Gasteiger partial charge is 0.548 e. The van der Waals surface area contributed by atoms with Crippen LogP contribution in [0.1, 0.15) is 23.1 Å². The van der Waals surface area contributed by atoms with Crippen molar-refractivity contribution in [1.82, 2.24) is 0 Å². The summed E-state index contributed by atoms with van der Waals surface area (Å²) in [6.07, 6.45) is 4.88. The van der Waals surface area contributed by atoms with Gasteiger partial charge in [0.1, 0.15) is 5.75 Å². The molecule has 1 aromatic carbocycles. The number of phenolic OH excluding ortho intramolecular Hbond substituents is 1. The van der Waals surface area contributed by atoms with E-state index in [-0.39, 0.29) is 47.6 Å². The number of phenols is 1. The van der Waals surface area contributed by atoms with Gasteiger partial charge in [-0.2, -0.15) is 0 Å². The van der Waals surface area contributed by atoms with E-state index in [0.29, 0.717) is 36.1 Å². The van der Waals surface area contributed by atoms with Crippen LogP contribution in [0.5, 0.6) is 5.75 Å². The maximum absolute atomic E-state index is 12.0. The van der Waals surface area contributed by atoms with Gasteiger partial charge in [-0.1, -0.05) is 12.2 Å². The number of amides is 1. The molecule has 1 aromatic rings. The van der Waals surface area contributed by atoms with Crippen molar-refractivity contribution >= 4 is 17.6 Å². The molecular formula is C17H18NNaO4. The number of carbonyl (C=O) groups excluding carboxylic acids is 2. The number of nitrogens with zero attached hydrogens (tertiary/aromatic N) is 1. The second-order valence-corrected chi connectivity index (χ2v) is 5.20. The number of benzene rings is 1. The SMILES string of the molecule is C=CCc1cc2c(c(CC=C)c1O)CCC(=O)N2CC(=O)[O-].[Na+]. The van der Waals surface area contributed by atoms with Crippen LogP contribution in [0.25, 0.3) is 0 Å². The first-order chi connectivity index (χ1) is 10.5. The summed E-state index contributed by atoms with van der Waals surface area (Å²) in [5, 5.41) is 21.3. The first-order valence-corrected chi connectivity index (χ1v) is 7.08. The van der Waals surface area contributed by atoms with Crippen molar-refractivity contribution in [3.05, 3.63) is 48.1 Å². The van der Waals surface area contributed by atoms with Crippen LogP contribution >= 0.6 is 0 Å². The molecule has 1 N–H and O–H groups in total. The molecule has 0 aliphatic carbocycles. The number of anilines is 1. The number of fused-ring (bicyclic) bond motifs is 1. The fraction of sp³-hybridized carbons (Fsp3) is 0.294. The number of carbonyl (C=O) groups is 2. The van der Waals surface area contributed by atoms with Crippen LogP contribution in [-0.4, -0.2) is 23.5 Å². The molecule has 116 valence electrons. The molecule has 1 aliphatic heterocycles. The van der Waals surface area contributed by atoms with Crippen molar-refractivity contribution < 1.29 is 49.4 Å². The van der Waals surface area contributed by atoms with Crippen molar-refractivity contribution in [2.45, 2.75) is 25.7 Å². The average Bonchev–Trinajstić information content (AvgIpc) is 2.46. The van der Waals surface area contributed by atoms with Crippen molar-refractivity contribution in [1.29, 1.82) is 0 Å². The Kier molecular flexibility index (Phi) is 7.06. The predicted octanol–water partition coefficient (Wildman–Crippen LogP) is -2.12. The maximum Gasteiger partial charge on any atom is 1.00 e. The Balaban J connectivity index is 0.00000264. The second-order valence-electron chi connectivity index (χ2n) is 5.20. The fourth-order valence-electron chi connectivity index (χ4n) is 2.81. The van der Waals surface area contributed by atoms with Crippen LogP contribution in [0.4, 0.5) is 5.69 Å². The maximum atomic E-state index is 12.0. The van der Waals surface area contributed by atoms with E-state index >= 15 is 0 Å². The molecule has 0 unspecified atom stereocenters. The molecule has 0 saturated heterocycles. The normalized spacial score (nSPS) is 13.0. The summed E-state index contributed by atoms with van der Waals surface area (Å²) in [4.78, 5) is 24.2. The van der Waals surface area contributed by atoms with Crippen LogP contribution < -0.4 is 39.6 Å². The molecule has 0 bridgehead atoms. The number of carboxylic acid groups (broad SMARTS) is 1. The van der Waals surface area contributed by atoms with Crippen molar-refractivity contribution in [2.24, 2.45) is 0 Å². The number of hydrogen-bond donors (Lipinski definition) is 1. The van der Waals surface area contributed by atoms with Crippen LogP contribution in [0.15, 0.2) is 31.4 Å². The van der Waals surface area contributed by atoms with Gasteiger partial charge in [0.15, 0.2) is 0 Å². The number of hydrogen-bond acceptors (Lipinski definition) is 4. The quantitative estimate of drug-likeness (QED) is 0.480. The molecule has 5 nitrogen and oxygen atoms in total. The summed E-state index contributed by atoms with van der Waals surface area (Å²) in [6, 6.07) is 1.67. The van der Waals surface area contributed by atoms with Crippen molar-refractivity contribution in [3.8, 4) is 5.75 Å². The van der Waals surface area contributed by atoms with Crippen LogP contribution in [0.3, 0.4) is 0 Å². The van der Waals surface area contributed by atoms with Gasteiger partial charge in [0.25, 0.3) is 0 Å². The molecule has 0 atom stereocenters. The molecule has 23 heavy (non-hydrogen) atoms. The van der Waals surface area contributed by atoms with Crippen LogP contribution in [0.2, 0.25) is 0 Å². The third-order valence-corrected chi connectivity index (χ3v) is 3.76. The number of allylic oxidation sites excluding steroid dienone is 2. The van der Waals surface area contributed by atoms with Crippen LogP contribution in [0, 0.1) is 0 Å². The monoisotopic (exact) mass is 323 g/mol. The third-order valence-electron chi connectivity index (χ3n) is 3.76. The summed E-state index contributed by atoms with van der Waals surface area (Å²) < 4.78 is 0. The molecule has 2 rings (SSSR count). The predicted molar refractivity (Wildman–Crippen MR) is 81.6 cm³/mol. The Morgan fingerprint density at radius 3 is 2.52 bits per heavy atom. The van der Waals surface area contributed by atoms with E-state index in [9.17, 15) is 19.8 Å². The zero-order valence-electron chi connectivity index (χ0n) is 13.3. The van der Waals surface area contributed by atoms with Gasteiger partial charge in [0.2, 0.25) is 5.91 Å². The number of rotatable bonds is 6. The van der Waals surface area contributed by atoms with Crippen LogP contribution in [-0.2, 0) is 28.9 Å². The van der Waals surface area contributed by atoms with E-state index in [1.54, 1.807) is 18.2 Å². The Hall–Kier alpha value is -1.56. The minimum absolute atomic E-state index is 0. The number of aliphatic carboxylic acids is 1. The zero-order valence-corrected chi connectivity index (χ0v) is 15.3. The Labute approximate surface area is 157 Å². The summed E-state index contributed by atoms with van der Waals surface area (Å²) in [6.45, 7) is 6.85. The van der Waals surface area contributed by atoms with Crippen molar-refractivity contribution in [3.63, 3.8) is 0 Å². The van der Waals surface area contributed by atoms with Gasteiger partial charge in [-0.25, -0.2) is 0 Å². The minimum atomic E-state index is -1.31. The third kappa shape index (κ3) is 4.05. The zero-order chi connectivity index (χ0) is 16.3. The Morgan fingerprint density at radius 2 is 1.96 bits per heavy atom.